The van der Waals surface area contributed by atoms with Gasteiger partial charge >= 0.3 is 0 Å². The van der Waals surface area contributed by atoms with Gasteiger partial charge in [-0.25, -0.2) is 0 Å². The van der Waals surface area contributed by atoms with Gasteiger partial charge in [-0.05, 0) is 12.8 Å². The maximum Gasteiger partial charge on any atom is 0.0851 e. The zero-order valence-electron chi connectivity index (χ0n) is 12.6. The van der Waals surface area contributed by atoms with E-state index < -0.39 is 0 Å². The minimum Gasteiger partial charge on any atom is -0.513 e. The molecule has 0 rings (SSSR count). The highest BCUT2D eigenvalue weighted by molar-refractivity contribution is 9.09. The monoisotopic (exact) mass is 332 g/mol. The minimum absolute atomic E-state index is 0.344. The lowest BCUT2D eigenvalue weighted by Crippen LogP contribution is -1.84. The lowest BCUT2D eigenvalue weighted by Gasteiger charge is -2.03. The molecule has 0 aromatic heterocycles. The minimum atomic E-state index is 0.344. The number of allylic oxidation sites excluding steroid dienone is 1. The van der Waals surface area contributed by atoms with Crippen LogP contribution in [0.5, 0.6) is 0 Å². The van der Waals surface area contributed by atoms with Gasteiger partial charge in [0.2, 0.25) is 0 Å². The van der Waals surface area contributed by atoms with Crippen LogP contribution < -0.4 is 0 Å². The number of halogens is 1. The van der Waals surface area contributed by atoms with E-state index in [-0.39, 0.29) is 0 Å². The summed E-state index contributed by atoms with van der Waals surface area (Å²) in [6.45, 7) is 3.51. The Bertz CT molecular complexity index is 192. The molecule has 0 bridgehead atoms. The molecular weight excluding hydrogens is 300 g/mol. The van der Waals surface area contributed by atoms with Crippen LogP contribution in [0.15, 0.2) is 12.3 Å². The van der Waals surface area contributed by atoms with E-state index in [1.165, 1.54) is 82.4 Å². The number of hydrogen-bond donors (Lipinski definition) is 1. The fourth-order valence-electron chi connectivity index (χ4n) is 2.37. The van der Waals surface area contributed by atoms with Crippen LogP contribution in [-0.4, -0.2) is 10.4 Å². The second kappa shape index (κ2) is 16.1. The molecule has 0 aromatic rings. The molecule has 0 aliphatic rings. The molecule has 0 aliphatic heterocycles. The number of rotatable bonds is 15. The zero-order valence-corrected chi connectivity index (χ0v) is 14.2. The summed E-state index contributed by atoms with van der Waals surface area (Å²) in [4.78, 5) is 0. The lowest BCUT2D eigenvalue weighted by atomic mass is 10.0. The summed E-state index contributed by atoms with van der Waals surface area (Å²) < 4.78 is 0. The Morgan fingerprint density at radius 1 is 0.632 bits per heavy atom. The van der Waals surface area contributed by atoms with E-state index in [0.29, 0.717) is 5.76 Å². The zero-order chi connectivity index (χ0) is 14.2. The third-order valence-electron chi connectivity index (χ3n) is 3.60. The van der Waals surface area contributed by atoms with Crippen LogP contribution in [0.1, 0.15) is 89.9 Å². The van der Waals surface area contributed by atoms with Crippen LogP contribution in [0.2, 0.25) is 0 Å². The Morgan fingerprint density at radius 2 is 0.947 bits per heavy atom. The van der Waals surface area contributed by atoms with Gasteiger partial charge in [-0.1, -0.05) is 93.1 Å². The Morgan fingerprint density at radius 3 is 1.26 bits per heavy atom. The third-order valence-corrected chi connectivity index (χ3v) is 4.16. The maximum absolute atomic E-state index is 8.95. The molecule has 0 aliphatic carbocycles. The fourth-order valence-corrected chi connectivity index (χ4v) is 2.76. The van der Waals surface area contributed by atoms with Crippen molar-refractivity contribution < 1.29 is 5.11 Å². The molecule has 1 N–H and O–H groups in total. The number of unbranched alkanes of at least 4 members (excludes halogenated alkanes) is 12. The van der Waals surface area contributed by atoms with Gasteiger partial charge in [0.1, 0.15) is 0 Å². The van der Waals surface area contributed by atoms with Crippen LogP contribution in [0.3, 0.4) is 0 Å². The van der Waals surface area contributed by atoms with Gasteiger partial charge in [-0.15, -0.1) is 0 Å². The van der Waals surface area contributed by atoms with E-state index in [0.717, 1.165) is 12.8 Å². The van der Waals surface area contributed by atoms with Crippen LogP contribution in [0.4, 0.5) is 0 Å². The molecular formula is C17H33BrO. The predicted octanol–water partition coefficient (Wildman–Crippen LogP) is 6.91. The largest absolute Gasteiger partial charge is 0.513 e. The SMILES string of the molecule is C=C(O)CCCCCCCCCCCCCCCBr. The standard InChI is InChI=1S/C17H33BrO/c1-17(19)15-13-11-9-7-5-3-2-4-6-8-10-12-14-16-18/h19H,1-16H2. The molecule has 19 heavy (non-hydrogen) atoms. The maximum atomic E-state index is 8.95. The van der Waals surface area contributed by atoms with Crippen molar-refractivity contribution >= 4 is 15.9 Å². The first-order chi connectivity index (χ1) is 9.27. The van der Waals surface area contributed by atoms with Crippen molar-refractivity contribution in [2.24, 2.45) is 0 Å². The topological polar surface area (TPSA) is 20.2 Å². The Kier molecular flexibility index (Phi) is 16.1. The molecule has 0 unspecified atom stereocenters. The molecule has 0 aromatic carbocycles. The molecule has 0 fully saturated rings. The molecule has 0 amide bonds. The molecule has 2 heteroatoms. The van der Waals surface area contributed by atoms with Gasteiger partial charge in [0.15, 0.2) is 0 Å². The van der Waals surface area contributed by atoms with Crippen molar-refractivity contribution in [3.05, 3.63) is 12.3 Å². The van der Waals surface area contributed by atoms with Gasteiger partial charge in [-0.2, -0.15) is 0 Å². The summed E-state index contributed by atoms with van der Waals surface area (Å²) in [7, 11) is 0. The van der Waals surface area contributed by atoms with Crippen LogP contribution >= 0.6 is 15.9 Å². The highest BCUT2D eigenvalue weighted by Gasteiger charge is 1.94. The summed E-state index contributed by atoms with van der Waals surface area (Å²) in [6.07, 6.45) is 18.5. The number of hydrogen-bond acceptors (Lipinski definition) is 1. The third kappa shape index (κ3) is 18.0. The molecule has 0 heterocycles. The number of aliphatic hydroxyl groups excluding tert-OH is 1. The quantitative estimate of drug-likeness (QED) is 0.196. The van der Waals surface area contributed by atoms with E-state index in [4.69, 9.17) is 5.11 Å². The average Bonchev–Trinajstić information content (AvgIpc) is 2.39. The summed E-state index contributed by atoms with van der Waals surface area (Å²) >= 11 is 3.47. The van der Waals surface area contributed by atoms with Crippen molar-refractivity contribution in [3.8, 4) is 0 Å². The average molecular weight is 333 g/mol. The van der Waals surface area contributed by atoms with Gasteiger partial charge in [0.25, 0.3) is 0 Å². The van der Waals surface area contributed by atoms with Gasteiger partial charge in [-0.3, -0.25) is 0 Å². The smallest absolute Gasteiger partial charge is 0.0851 e. The second-order valence-corrected chi connectivity index (χ2v) is 6.39. The van der Waals surface area contributed by atoms with Crippen LogP contribution in [-0.2, 0) is 0 Å². The van der Waals surface area contributed by atoms with Crippen molar-refractivity contribution in [2.75, 3.05) is 5.33 Å². The van der Waals surface area contributed by atoms with Crippen LogP contribution in [0.25, 0.3) is 0 Å². The number of aliphatic hydroxyl groups is 1. The Labute approximate surface area is 129 Å². The molecule has 114 valence electrons. The highest BCUT2D eigenvalue weighted by atomic mass is 79.9. The van der Waals surface area contributed by atoms with E-state index >= 15 is 0 Å². The normalized spacial score (nSPS) is 10.8. The van der Waals surface area contributed by atoms with E-state index in [1.807, 2.05) is 0 Å². The first kappa shape index (κ1) is 19.0. The van der Waals surface area contributed by atoms with Crippen molar-refractivity contribution in [3.63, 3.8) is 0 Å². The molecule has 0 saturated carbocycles. The summed E-state index contributed by atoms with van der Waals surface area (Å²) in [6, 6.07) is 0. The molecule has 0 atom stereocenters. The first-order valence-electron chi connectivity index (χ1n) is 8.20. The Hall–Kier alpha value is 0.0200. The predicted molar refractivity (Wildman–Crippen MR) is 90.2 cm³/mol. The molecule has 1 nitrogen and oxygen atoms in total. The summed E-state index contributed by atoms with van der Waals surface area (Å²) in [5.74, 6) is 0.344. The molecule has 0 spiro atoms. The molecule has 0 saturated heterocycles. The van der Waals surface area contributed by atoms with E-state index in [2.05, 4.69) is 22.5 Å². The number of alkyl halides is 1. The van der Waals surface area contributed by atoms with Crippen LogP contribution in [0, 0.1) is 0 Å². The molecule has 0 radical (unpaired) electrons. The van der Waals surface area contributed by atoms with Crippen molar-refractivity contribution in [1.82, 2.24) is 0 Å². The Balaban J connectivity index is 2.93. The van der Waals surface area contributed by atoms with E-state index in [1.54, 1.807) is 0 Å². The second-order valence-electron chi connectivity index (χ2n) is 5.60. The summed E-state index contributed by atoms with van der Waals surface area (Å²) in [5.41, 5.74) is 0. The highest BCUT2D eigenvalue weighted by Crippen LogP contribution is 2.13. The lowest BCUT2D eigenvalue weighted by molar-refractivity contribution is 0.383. The summed E-state index contributed by atoms with van der Waals surface area (Å²) in [5, 5.41) is 10.1. The fraction of sp³-hybridized carbons (Fsp3) is 0.882. The van der Waals surface area contributed by atoms with E-state index in [9.17, 15) is 0 Å². The van der Waals surface area contributed by atoms with Crippen molar-refractivity contribution in [2.45, 2.75) is 89.9 Å². The first-order valence-corrected chi connectivity index (χ1v) is 9.32. The van der Waals surface area contributed by atoms with Crippen molar-refractivity contribution in [1.29, 1.82) is 0 Å². The van der Waals surface area contributed by atoms with Gasteiger partial charge < -0.3 is 5.11 Å². The van der Waals surface area contributed by atoms with Gasteiger partial charge in [0, 0.05) is 11.8 Å². The van der Waals surface area contributed by atoms with Gasteiger partial charge in [0.05, 0.1) is 5.76 Å².